The van der Waals surface area contributed by atoms with E-state index in [9.17, 15) is 23.3 Å². The Hall–Kier alpha value is -3.92. The van der Waals surface area contributed by atoms with Crippen molar-refractivity contribution in [1.82, 2.24) is 0 Å². The first-order valence-corrected chi connectivity index (χ1v) is 11.2. The largest absolute Gasteiger partial charge is 0.323 e. The van der Waals surface area contributed by atoms with Crippen molar-refractivity contribution in [3.8, 4) is 0 Å². The zero-order valence-electron chi connectivity index (χ0n) is 17.4. The number of amides is 2. The highest BCUT2D eigenvalue weighted by molar-refractivity contribution is 7.92. The molecule has 32 heavy (non-hydrogen) atoms. The van der Waals surface area contributed by atoms with Crippen LogP contribution in [0, 0.1) is 10.1 Å². The maximum Gasteiger partial charge on any atom is 0.323 e. The molecule has 0 saturated carbocycles. The molecule has 0 fully saturated rings. The van der Waals surface area contributed by atoms with E-state index in [2.05, 4.69) is 29.2 Å². The summed E-state index contributed by atoms with van der Waals surface area (Å²) in [7, 11) is -3.78. The monoisotopic (exact) mass is 454 g/mol. The zero-order valence-corrected chi connectivity index (χ0v) is 18.2. The van der Waals surface area contributed by atoms with Gasteiger partial charge in [-0.15, -0.1) is 0 Å². The molecule has 9 nitrogen and oxygen atoms in total. The molecule has 10 heteroatoms. The topological polar surface area (TPSA) is 130 Å². The fourth-order valence-electron chi connectivity index (χ4n) is 2.83. The lowest BCUT2D eigenvalue weighted by Crippen LogP contribution is -2.19. The highest BCUT2D eigenvalue weighted by atomic mass is 32.2. The van der Waals surface area contributed by atoms with Crippen molar-refractivity contribution in [3.63, 3.8) is 0 Å². The van der Waals surface area contributed by atoms with Crippen molar-refractivity contribution < 1.29 is 18.1 Å². The molecule has 0 aromatic heterocycles. The van der Waals surface area contributed by atoms with E-state index in [-0.39, 0.29) is 10.6 Å². The lowest BCUT2D eigenvalue weighted by atomic mass is 10.0. The number of urea groups is 1. The third kappa shape index (κ3) is 5.82. The Morgan fingerprint density at radius 2 is 1.28 bits per heavy atom. The number of carbonyl (C=O) groups excluding carboxylic acids is 1. The summed E-state index contributed by atoms with van der Waals surface area (Å²) in [5, 5.41) is 15.8. The molecule has 3 rings (SSSR count). The van der Waals surface area contributed by atoms with Gasteiger partial charge in [-0.3, -0.25) is 14.8 Å². The maximum atomic E-state index is 12.6. The number of nitrogens with one attached hydrogen (secondary N) is 3. The van der Waals surface area contributed by atoms with Crippen molar-refractivity contribution in [1.29, 1.82) is 0 Å². The predicted octanol–water partition coefficient (Wildman–Crippen LogP) is 5.16. The molecule has 2 amide bonds. The Bertz CT molecular complexity index is 1210. The van der Waals surface area contributed by atoms with E-state index < -0.39 is 21.0 Å². The summed E-state index contributed by atoms with van der Waals surface area (Å²) in [4.78, 5) is 22.3. The Morgan fingerprint density at radius 3 is 1.75 bits per heavy atom. The number of hydrogen-bond donors (Lipinski definition) is 3. The highest BCUT2D eigenvalue weighted by Gasteiger charge is 2.15. The molecule has 166 valence electrons. The number of benzene rings is 3. The van der Waals surface area contributed by atoms with Gasteiger partial charge in [0.1, 0.15) is 0 Å². The van der Waals surface area contributed by atoms with Crippen LogP contribution in [0.15, 0.2) is 77.7 Å². The smallest absolute Gasteiger partial charge is 0.308 e. The number of carbonyl (C=O) groups is 1. The number of hydrogen-bond acceptors (Lipinski definition) is 5. The van der Waals surface area contributed by atoms with E-state index in [1.54, 1.807) is 12.1 Å². The molecule has 0 aliphatic heterocycles. The van der Waals surface area contributed by atoms with E-state index in [1.807, 2.05) is 12.1 Å². The van der Waals surface area contributed by atoms with Crippen LogP contribution < -0.4 is 15.4 Å². The van der Waals surface area contributed by atoms with Gasteiger partial charge in [-0.1, -0.05) is 26.0 Å². The molecule has 0 atom stereocenters. The van der Waals surface area contributed by atoms with Gasteiger partial charge >= 0.3 is 6.03 Å². The number of non-ortho nitro benzene ring substituents is 1. The minimum Gasteiger partial charge on any atom is -0.308 e. The van der Waals surface area contributed by atoms with Gasteiger partial charge in [-0.2, -0.15) is 0 Å². The molecule has 3 aromatic rings. The number of nitro benzene ring substituents is 1. The normalized spacial score (nSPS) is 11.1. The number of rotatable bonds is 7. The zero-order chi connectivity index (χ0) is 23.3. The molecule has 0 heterocycles. The second-order valence-electron chi connectivity index (χ2n) is 7.29. The maximum absolute atomic E-state index is 12.6. The molecular formula is C22H22N4O5S. The van der Waals surface area contributed by atoms with Gasteiger partial charge in [0.2, 0.25) is 0 Å². The van der Waals surface area contributed by atoms with Crippen LogP contribution in [0.4, 0.5) is 27.5 Å². The summed E-state index contributed by atoms with van der Waals surface area (Å²) in [5.41, 5.74) is 2.23. The predicted molar refractivity (Wildman–Crippen MR) is 124 cm³/mol. The number of nitro groups is 1. The molecule has 0 radical (unpaired) electrons. The lowest BCUT2D eigenvalue weighted by Gasteiger charge is -2.11. The Morgan fingerprint density at radius 1 is 0.812 bits per heavy atom. The van der Waals surface area contributed by atoms with E-state index >= 15 is 0 Å². The van der Waals surface area contributed by atoms with Gasteiger partial charge in [0.25, 0.3) is 15.7 Å². The lowest BCUT2D eigenvalue weighted by molar-refractivity contribution is -0.384. The average Bonchev–Trinajstić information content (AvgIpc) is 2.74. The van der Waals surface area contributed by atoms with Gasteiger partial charge in [0.05, 0.1) is 9.82 Å². The Balaban J connectivity index is 1.62. The molecular weight excluding hydrogens is 432 g/mol. The van der Waals surface area contributed by atoms with Crippen LogP contribution in [-0.4, -0.2) is 19.4 Å². The van der Waals surface area contributed by atoms with Crippen LogP contribution in [0.5, 0.6) is 0 Å². The van der Waals surface area contributed by atoms with Crippen LogP contribution in [0.1, 0.15) is 25.3 Å². The van der Waals surface area contributed by atoms with Crippen molar-refractivity contribution >= 4 is 38.8 Å². The standard InChI is InChI=1S/C22H22N4O5S/c1-15(2)16-3-5-19(6-4-16)25-32(30,31)21-13-9-18(10-14-21)24-22(27)23-17-7-11-20(12-8-17)26(28)29/h3-15,25H,1-2H3,(H2,23,24,27). The third-order valence-corrected chi connectivity index (χ3v) is 5.99. The van der Waals surface area contributed by atoms with Crippen molar-refractivity contribution in [2.75, 3.05) is 15.4 Å². The summed E-state index contributed by atoms with van der Waals surface area (Å²) >= 11 is 0. The van der Waals surface area contributed by atoms with Crippen molar-refractivity contribution in [3.05, 3.63) is 88.5 Å². The van der Waals surface area contributed by atoms with Gasteiger partial charge in [0, 0.05) is 29.2 Å². The van der Waals surface area contributed by atoms with Gasteiger partial charge in [-0.05, 0) is 60.0 Å². The SMILES string of the molecule is CC(C)c1ccc(NS(=O)(=O)c2ccc(NC(=O)Nc3ccc([N+](=O)[O-])cc3)cc2)cc1. The van der Waals surface area contributed by atoms with Crippen LogP contribution in [-0.2, 0) is 10.0 Å². The highest BCUT2D eigenvalue weighted by Crippen LogP contribution is 2.21. The quantitative estimate of drug-likeness (QED) is 0.335. The number of anilines is 3. The molecule has 0 saturated heterocycles. The molecule has 0 unspecified atom stereocenters. The van der Waals surface area contributed by atoms with Gasteiger partial charge in [0.15, 0.2) is 0 Å². The van der Waals surface area contributed by atoms with E-state index in [4.69, 9.17) is 0 Å². The number of sulfonamides is 1. The molecule has 0 aliphatic rings. The molecule has 0 aliphatic carbocycles. The van der Waals surface area contributed by atoms with Gasteiger partial charge < -0.3 is 10.6 Å². The summed E-state index contributed by atoms with van der Waals surface area (Å²) in [6.45, 7) is 4.11. The summed E-state index contributed by atoms with van der Waals surface area (Å²) in [6.07, 6.45) is 0. The second kappa shape index (κ2) is 9.48. The van der Waals surface area contributed by atoms with Crippen LogP contribution >= 0.6 is 0 Å². The molecule has 0 spiro atoms. The van der Waals surface area contributed by atoms with E-state index in [1.165, 1.54) is 48.5 Å². The minimum atomic E-state index is -3.78. The van der Waals surface area contributed by atoms with Crippen LogP contribution in [0.2, 0.25) is 0 Å². The van der Waals surface area contributed by atoms with Crippen LogP contribution in [0.25, 0.3) is 0 Å². The molecule has 3 N–H and O–H groups in total. The molecule has 3 aromatic carbocycles. The van der Waals surface area contributed by atoms with Crippen LogP contribution in [0.3, 0.4) is 0 Å². The van der Waals surface area contributed by atoms with Crippen molar-refractivity contribution in [2.24, 2.45) is 0 Å². The summed E-state index contributed by atoms with van der Waals surface area (Å²) in [5.74, 6) is 0.346. The first kappa shape index (κ1) is 22.8. The second-order valence-corrected chi connectivity index (χ2v) is 8.97. The third-order valence-electron chi connectivity index (χ3n) is 4.59. The van der Waals surface area contributed by atoms with Gasteiger partial charge in [-0.25, -0.2) is 13.2 Å². The van der Waals surface area contributed by atoms with E-state index in [0.29, 0.717) is 23.0 Å². The van der Waals surface area contributed by atoms with Crippen molar-refractivity contribution in [2.45, 2.75) is 24.7 Å². The summed E-state index contributed by atoms with van der Waals surface area (Å²) < 4.78 is 27.8. The number of nitrogens with zero attached hydrogens (tertiary/aromatic N) is 1. The first-order chi connectivity index (χ1) is 15.1. The van der Waals surface area contributed by atoms with E-state index in [0.717, 1.165) is 5.56 Å². The fourth-order valence-corrected chi connectivity index (χ4v) is 3.89. The first-order valence-electron chi connectivity index (χ1n) is 9.69. The minimum absolute atomic E-state index is 0.0479. The fraction of sp³-hybridized carbons (Fsp3) is 0.136. The Kier molecular flexibility index (Phi) is 6.74. The molecule has 0 bridgehead atoms. The average molecular weight is 455 g/mol. The Labute approximate surface area is 185 Å². The summed E-state index contributed by atoms with van der Waals surface area (Å²) in [6, 6.07) is 17.7.